The summed E-state index contributed by atoms with van der Waals surface area (Å²) in [6.45, 7) is 2.73. The molecule has 0 bridgehead atoms. The van der Waals surface area contributed by atoms with Gasteiger partial charge >= 0.3 is 0 Å². The van der Waals surface area contributed by atoms with Crippen LogP contribution in [0.15, 0.2) is 24.4 Å². The molecule has 1 saturated heterocycles. The smallest absolute Gasteiger partial charge is 0.224 e. The van der Waals surface area contributed by atoms with E-state index in [1.165, 1.54) is 12.1 Å². The summed E-state index contributed by atoms with van der Waals surface area (Å²) in [6.07, 6.45) is 6.25. The highest BCUT2D eigenvalue weighted by Crippen LogP contribution is 2.37. The first-order valence-electron chi connectivity index (χ1n) is 12.0. The standard InChI is InChI=1S/C24H29F2N7O2/c1-13-8-17(6-7-35-13)29-23-28-12-20-22(32-23)33(19-4-2-14(3-5-19)21(27)34)24(31-20)30-18-10-15(25)9-16(26)11-18/h9-14,17,19H,2-8H2,1H3,(H2,27,34)(H,30,31)(H,28,29,32)/t13-,14?,17-,19?/m0/s1. The predicted octanol–water partition coefficient (Wildman–Crippen LogP) is 4.04. The molecule has 0 spiro atoms. The molecule has 5 rings (SSSR count). The molecule has 1 aromatic carbocycles. The maximum Gasteiger partial charge on any atom is 0.224 e. The lowest BCUT2D eigenvalue weighted by molar-refractivity contribution is -0.122. The number of carbonyl (C=O) groups is 1. The van der Waals surface area contributed by atoms with Gasteiger partial charge in [0.05, 0.1) is 12.3 Å². The molecule has 3 heterocycles. The third kappa shape index (κ3) is 5.19. The van der Waals surface area contributed by atoms with Gasteiger partial charge in [0.1, 0.15) is 17.2 Å². The van der Waals surface area contributed by atoms with Gasteiger partial charge in [0.15, 0.2) is 5.65 Å². The SMILES string of the molecule is C[C@H]1C[C@@H](Nc2ncc3nc(Nc4cc(F)cc(F)c4)n(C4CCC(C(N)=O)CC4)c3n2)CCO1. The van der Waals surface area contributed by atoms with Crippen molar-refractivity contribution in [3.8, 4) is 0 Å². The summed E-state index contributed by atoms with van der Waals surface area (Å²) in [4.78, 5) is 25.5. The van der Waals surface area contributed by atoms with Crippen LogP contribution in [0.25, 0.3) is 11.2 Å². The Labute approximate surface area is 201 Å². The zero-order valence-corrected chi connectivity index (χ0v) is 19.5. The van der Waals surface area contributed by atoms with E-state index < -0.39 is 11.6 Å². The topological polar surface area (TPSA) is 120 Å². The monoisotopic (exact) mass is 485 g/mol. The van der Waals surface area contributed by atoms with Crippen molar-refractivity contribution in [1.82, 2.24) is 19.5 Å². The summed E-state index contributed by atoms with van der Waals surface area (Å²) in [6, 6.07) is 3.43. The molecule has 0 radical (unpaired) electrons. The molecule has 3 aromatic rings. The molecule has 186 valence electrons. The van der Waals surface area contributed by atoms with Crippen LogP contribution in [0.5, 0.6) is 0 Å². The van der Waals surface area contributed by atoms with Gasteiger partial charge in [0, 0.05) is 36.4 Å². The molecule has 2 atom stereocenters. The fraction of sp³-hybridized carbons (Fsp3) is 0.500. The molecule has 2 fully saturated rings. The third-order valence-electron chi connectivity index (χ3n) is 6.83. The maximum absolute atomic E-state index is 13.8. The number of benzene rings is 1. The highest BCUT2D eigenvalue weighted by Gasteiger charge is 2.29. The summed E-state index contributed by atoms with van der Waals surface area (Å²) >= 11 is 0. The molecular formula is C24H29F2N7O2. The Kier molecular flexibility index (Phi) is 6.50. The van der Waals surface area contributed by atoms with Crippen LogP contribution in [0, 0.1) is 17.6 Å². The zero-order valence-electron chi connectivity index (χ0n) is 19.5. The average molecular weight is 486 g/mol. The van der Waals surface area contributed by atoms with Gasteiger partial charge in [0.25, 0.3) is 0 Å². The molecule has 1 aliphatic heterocycles. The fourth-order valence-corrected chi connectivity index (χ4v) is 5.08. The van der Waals surface area contributed by atoms with Crippen molar-refractivity contribution >= 4 is 34.7 Å². The van der Waals surface area contributed by atoms with Gasteiger partial charge in [0.2, 0.25) is 17.8 Å². The molecule has 0 unspecified atom stereocenters. The fourth-order valence-electron chi connectivity index (χ4n) is 5.08. The number of imidazole rings is 1. The van der Waals surface area contributed by atoms with Crippen molar-refractivity contribution in [2.24, 2.45) is 11.7 Å². The molecule has 35 heavy (non-hydrogen) atoms. The van der Waals surface area contributed by atoms with Crippen LogP contribution >= 0.6 is 0 Å². The number of carbonyl (C=O) groups excluding carboxylic acids is 1. The lowest BCUT2D eigenvalue weighted by Crippen LogP contribution is -2.33. The van der Waals surface area contributed by atoms with Gasteiger partial charge in [-0.15, -0.1) is 0 Å². The number of rotatable bonds is 6. The van der Waals surface area contributed by atoms with Gasteiger partial charge < -0.3 is 21.1 Å². The van der Waals surface area contributed by atoms with E-state index in [1.54, 1.807) is 6.20 Å². The number of halogens is 2. The van der Waals surface area contributed by atoms with Crippen LogP contribution in [-0.2, 0) is 9.53 Å². The number of primary amides is 1. The van der Waals surface area contributed by atoms with E-state index in [-0.39, 0.29) is 35.7 Å². The highest BCUT2D eigenvalue weighted by atomic mass is 19.1. The zero-order chi connectivity index (χ0) is 24.5. The van der Waals surface area contributed by atoms with E-state index in [0.29, 0.717) is 55.4 Å². The van der Waals surface area contributed by atoms with Crippen molar-refractivity contribution in [3.63, 3.8) is 0 Å². The minimum Gasteiger partial charge on any atom is -0.378 e. The van der Waals surface area contributed by atoms with Gasteiger partial charge in [-0.25, -0.2) is 18.7 Å². The summed E-state index contributed by atoms with van der Waals surface area (Å²) in [5.74, 6) is -0.905. The van der Waals surface area contributed by atoms with E-state index in [9.17, 15) is 13.6 Å². The van der Waals surface area contributed by atoms with Crippen molar-refractivity contribution in [3.05, 3.63) is 36.0 Å². The first kappa shape index (κ1) is 23.4. The second-order valence-electron chi connectivity index (χ2n) is 9.45. The number of aromatic nitrogens is 4. The number of nitrogens with one attached hydrogen (secondary N) is 2. The van der Waals surface area contributed by atoms with E-state index in [1.807, 2.05) is 11.5 Å². The van der Waals surface area contributed by atoms with Gasteiger partial charge in [-0.05, 0) is 57.6 Å². The minimum atomic E-state index is -0.686. The van der Waals surface area contributed by atoms with E-state index in [4.69, 9.17) is 15.5 Å². The first-order valence-corrected chi connectivity index (χ1v) is 12.0. The van der Waals surface area contributed by atoms with E-state index in [0.717, 1.165) is 18.9 Å². The summed E-state index contributed by atoms with van der Waals surface area (Å²) in [7, 11) is 0. The molecule has 1 saturated carbocycles. The molecule has 1 amide bonds. The Balaban J connectivity index is 1.49. The van der Waals surface area contributed by atoms with Crippen LogP contribution in [0.3, 0.4) is 0 Å². The highest BCUT2D eigenvalue weighted by molar-refractivity contribution is 5.77. The van der Waals surface area contributed by atoms with Gasteiger partial charge in [-0.2, -0.15) is 4.98 Å². The summed E-state index contributed by atoms with van der Waals surface area (Å²) in [5.41, 5.74) is 6.94. The van der Waals surface area contributed by atoms with Gasteiger partial charge in [-0.1, -0.05) is 0 Å². The van der Waals surface area contributed by atoms with E-state index >= 15 is 0 Å². The Hall–Kier alpha value is -3.34. The van der Waals surface area contributed by atoms with Crippen molar-refractivity contribution in [1.29, 1.82) is 0 Å². The van der Waals surface area contributed by atoms with Crippen LogP contribution in [0.2, 0.25) is 0 Å². The molecular weight excluding hydrogens is 456 g/mol. The summed E-state index contributed by atoms with van der Waals surface area (Å²) in [5, 5.41) is 6.46. The van der Waals surface area contributed by atoms with E-state index in [2.05, 4.69) is 20.6 Å². The number of anilines is 3. The third-order valence-corrected chi connectivity index (χ3v) is 6.83. The number of ether oxygens (including phenoxy) is 1. The van der Waals surface area contributed by atoms with Crippen LogP contribution in [0.4, 0.5) is 26.4 Å². The molecule has 2 aliphatic rings. The van der Waals surface area contributed by atoms with Crippen molar-refractivity contribution in [2.75, 3.05) is 17.2 Å². The number of amides is 1. The van der Waals surface area contributed by atoms with Crippen LogP contribution in [-0.4, -0.2) is 44.2 Å². The molecule has 9 nitrogen and oxygen atoms in total. The molecule has 4 N–H and O–H groups in total. The normalized spacial score (nSPS) is 24.9. The number of hydrogen-bond acceptors (Lipinski definition) is 7. The Morgan fingerprint density at radius 1 is 1.11 bits per heavy atom. The minimum absolute atomic E-state index is 0.0117. The lowest BCUT2D eigenvalue weighted by atomic mass is 9.85. The van der Waals surface area contributed by atoms with Gasteiger partial charge in [-0.3, -0.25) is 9.36 Å². The maximum atomic E-state index is 13.8. The Morgan fingerprint density at radius 3 is 2.54 bits per heavy atom. The molecule has 1 aliphatic carbocycles. The quantitative estimate of drug-likeness (QED) is 0.482. The van der Waals surface area contributed by atoms with Crippen molar-refractivity contribution < 1.29 is 18.3 Å². The molecule has 11 heteroatoms. The second-order valence-corrected chi connectivity index (χ2v) is 9.45. The predicted molar refractivity (Wildman–Crippen MR) is 127 cm³/mol. The van der Waals surface area contributed by atoms with Crippen molar-refractivity contribution in [2.45, 2.75) is 63.6 Å². The first-order chi connectivity index (χ1) is 16.9. The van der Waals surface area contributed by atoms with Crippen LogP contribution < -0.4 is 16.4 Å². The molecule has 2 aromatic heterocycles. The average Bonchev–Trinajstić information content (AvgIpc) is 3.15. The number of nitrogens with two attached hydrogens (primary N) is 1. The Morgan fingerprint density at radius 2 is 1.86 bits per heavy atom. The second kappa shape index (κ2) is 9.73. The number of nitrogens with zero attached hydrogens (tertiary/aromatic N) is 4. The lowest BCUT2D eigenvalue weighted by Gasteiger charge is -2.29. The largest absolute Gasteiger partial charge is 0.378 e. The number of fused-ring (bicyclic) bond motifs is 1. The Bertz CT molecular complexity index is 1210. The summed E-state index contributed by atoms with van der Waals surface area (Å²) < 4.78 is 35.2. The van der Waals surface area contributed by atoms with Crippen LogP contribution in [0.1, 0.15) is 51.5 Å². The number of hydrogen-bond donors (Lipinski definition) is 3.